The molecule has 1 amide bonds. The summed E-state index contributed by atoms with van der Waals surface area (Å²) in [5.41, 5.74) is 2.42. The third-order valence-corrected chi connectivity index (χ3v) is 7.56. The fraction of sp³-hybridized carbons (Fsp3) is 0.167. The summed E-state index contributed by atoms with van der Waals surface area (Å²) < 4.78 is 12.1. The first-order valence-corrected chi connectivity index (χ1v) is 13.1. The summed E-state index contributed by atoms with van der Waals surface area (Å²) >= 11 is 14.6. The molecule has 0 aliphatic rings. The Bertz CT molecular complexity index is 1420. The minimum Gasteiger partial charge on any atom is -0.496 e. The Kier molecular flexibility index (Phi) is 8.20. The smallest absolute Gasteiger partial charge is 0.341 e. The number of hydrogen-bond acceptors (Lipinski definition) is 8. The van der Waals surface area contributed by atoms with Gasteiger partial charge in [-0.15, -0.1) is 21.5 Å². The highest BCUT2D eigenvalue weighted by Crippen LogP contribution is 2.37. The maximum absolute atomic E-state index is 12.8. The number of anilines is 1. The van der Waals surface area contributed by atoms with Crippen LogP contribution in [0.1, 0.15) is 10.4 Å². The van der Waals surface area contributed by atoms with E-state index >= 15 is 0 Å². The molecule has 2 heterocycles. The van der Waals surface area contributed by atoms with Crippen molar-refractivity contribution in [1.82, 2.24) is 14.8 Å². The fourth-order valence-electron chi connectivity index (χ4n) is 3.42. The van der Waals surface area contributed by atoms with Crippen LogP contribution in [0.4, 0.5) is 5.00 Å². The van der Waals surface area contributed by atoms with Crippen LogP contribution in [-0.4, -0.2) is 46.6 Å². The number of thiophene rings is 1. The van der Waals surface area contributed by atoms with E-state index in [1.165, 1.54) is 30.2 Å². The lowest BCUT2D eigenvalue weighted by Gasteiger charge is -2.09. The van der Waals surface area contributed by atoms with Crippen molar-refractivity contribution >= 4 is 63.2 Å². The summed E-state index contributed by atoms with van der Waals surface area (Å²) in [7, 11) is 4.66. The molecule has 0 saturated carbocycles. The highest BCUT2D eigenvalue weighted by atomic mass is 35.5. The van der Waals surface area contributed by atoms with Crippen molar-refractivity contribution in [2.75, 3.05) is 25.3 Å². The van der Waals surface area contributed by atoms with Gasteiger partial charge in [-0.3, -0.25) is 4.79 Å². The number of benzene rings is 2. The van der Waals surface area contributed by atoms with Gasteiger partial charge in [0.1, 0.15) is 16.3 Å². The molecule has 0 fully saturated rings. The molecule has 0 unspecified atom stereocenters. The van der Waals surface area contributed by atoms with E-state index < -0.39 is 5.97 Å². The first-order valence-electron chi connectivity index (χ1n) is 10.4. The van der Waals surface area contributed by atoms with E-state index in [2.05, 4.69) is 15.5 Å². The SMILES string of the molecule is COC(=O)c1c(-c2ccc(Cl)cc2)csc1NC(=O)CSc1nnc(-c2cc(Cl)ccc2OC)n1C. The molecular formula is C24H20Cl2N4O4S2. The van der Waals surface area contributed by atoms with Gasteiger partial charge in [-0.25, -0.2) is 4.79 Å². The second kappa shape index (κ2) is 11.3. The van der Waals surface area contributed by atoms with E-state index in [1.807, 2.05) is 0 Å². The Balaban J connectivity index is 1.50. The van der Waals surface area contributed by atoms with Gasteiger partial charge < -0.3 is 19.4 Å². The van der Waals surface area contributed by atoms with Crippen LogP contribution >= 0.6 is 46.3 Å². The molecule has 0 aliphatic heterocycles. The van der Waals surface area contributed by atoms with Crippen LogP contribution in [0.3, 0.4) is 0 Å². The minimum atomic E-state index is -0.544. The number of rotatable bonds is 8. The lowest BCUT2D eigenvalue weighted by Crippen LogP contribution is -2.16. The largest absolute Gasteiger partial charge is 0.496 e. The molecule has 0 spiro atoms. The number of methoxy groups -OCH3 is 2. The zero-order chi connectivity index (χ0) is 25.8. The van der Waals surface area contributed by atoms with E-state index in [4.69, 9.17) is 32.7 Å². The molecule has 0 radical (unpaired) electrons. The number of amides is 1. The number of carbonyl (C=O) groups excluding carboxylic acids is 2. The first-order chi connectivity index (χ1) is 17.3. The number of hydrogen-bond donors (Lipinski definition) is 1. The van der Waals surface area contributed by atoms with Gasteiger partial charge in [-0.05, 0) is 35.9 Å². The molecule has 0 aliphatic carbocycles. The van der Waals surface area contributed by atoms with Crippen molar-refractivity contribution in [2.24, 2.45) is 7.05 Å². The van der Waals surface area contributed by atoms with E-state index in [0.29, 0.717) is 42.9 Å². The normalized spacial score (nSPS) is 10.8. The maximum atomic E-state index is 12.8. The van der Waals surface area contributed by atoms with Crippen molar-refractivity contribution in [1.29, 1.82) is 0 Å². The van der Waals surface area contributed by atoms with Crippen LogP contribution < -0.4 is 10.1 Å². The highest BCUT2D eigenvalue weighted by molar-refractivity contribution is 7.99. The van der Waals surface area contributed by atoms with Gasteiger partial charge >= 0.3 is 5.97 Å². The molecule has 186 valence electrons. The topological polar surface area (TPSA) is 95.3 Å². The highest BCUT2D eigenvalue weighted by Gasteiger charge is 2.23. The second-order valence-electron chi connectivity index (χ2n) is 7.40. The van der Waals surface area contributed by atoms with Gasteiger partial charge in [0.05, 0.1) is 25.5 Å². The number of ether oxygens (including phenoxy) is 2. The van der Waals surface area contributed by atoms with Crippen LogP contribution in [0.2, 0.25) is 10.0 Å². The molecule has 2 aromatic heterocycles. The third-order valence-electron chi connectivity index (χ3n) is 5.16. The standard InChI is InChI=1S/C24H20Cl2N4O4S2/c1-30-21(16-10-15(26)8-9-18(16)33-2)28-29-24(30)36-12-19(31)27-22-20(23(32)34-3)17(11-35-22)13-4-6-14(25)7-5-13/h4-11H,12H2,1-3H3,(H,27,31). The number of esters is 1. The number of halogens is 2. The summed E-state index contributed by atoms with van der Waals surface area (Å²) in [6, 6.07) is 12.3. The molecule has 8 nitrogen and oxygen atoms in total. The lowest BCUT2D eigenvalue weighted by molar-refractivity contribution is -0.113. The van der Waals surface area contributed by atoms with Gasteiger partial charge in [0.15, 0.2) is 11.0 Å². The van der Waals surface area contributed by atoms with Gasteiger partial charge in [0, 0.05) is 28.0 Å². The fourth-order valence-corrected chi connectivity index (χ4v) is 5.40. The molecule has 0 atom stereocenters. The lowest BCUT2D eigenvalue weighted by atomic mass is 10.0. The molecule has 4 rings (SSSR count). The predicted molar refractivity (Wildman–Crippen MR) is 143 cm³/mol. The predicted octanol–water partition coefficient (Wildman–Crippen LogP) is 6.04. The van der Waals surface area contributed by atoms with Gasteiger partial charge in [0.2, 0.25) is 5.91 Å². The molecule has 0 saturated heterocycles. The number of carbonyl (C=O) groups is 2. The quantitative estimate of drug-likeness (QED) is 0.206. The molecule has 4 aromatic rings. The number of aromatic nitrogens is 3. The summed E-state index contributed by atoms with van der Waals surface area (Å²) in [5.74, 6) is 0.356. The van der Waals surface area contributed by atoms with E-state index in [0.717, 1.165) is 5.56 Å². The maximum Gasteiger partial charge on any atom is 0.341 e. The average Bonchev–Trinajstić information content (AvgIpc) is 3.45. The number of nitrogens with zero attached hydrogens (tertiary/aromatic N) is 3. The molecule has 0 bridgehead atoms. The summed E-state index contributed by atoms with van der Waals surface area (Å²) in [6.07, 6.45) is 0. The Morgan fingerprint density at radius 1 is 1.06 bits per heavy atom. The van der Waals surface area contributed by atoms with Gasteiger partial charge in [-0.1, -0.05) is 47.1 Å². The van der Waals surface area contributed by atoms with Crippen molar-refractivity contribution in [3.8, 4) is 28.3 Å². The number of thioether (sulfide) groups is 1. The minimum absolute atomic E-state index is 0.0491. The Morgan fingerprint density at radius 2 is 1.78 bits per heavy atom. The van der Waals surface area contributed by atoms with Crippen LogP contribution in [0.25, 0.3) is 22.5 Å². The molecule has 12 heteroatoms. The van der Waals surface area contributed by atoms with Crippen molar-refractivity contribution in [2.45, 2.75) is 5.16 Å². The van der Waals surface area contributed by atoms with Crippen molar-refractivity contribution < 1.29 is 19.1 Å². The molecule has 2 aromatic carbocycles. The second-order valence-corrected chi connectivity index (χ2v) is 10.1. The molecule has 1 N–H and O–H groups in total. The molecular weight excluding hydrogens is 543 g/mol. The van der Waals surface area contributed by atoms with E-state index in [1.54, 1.807) is 66.6 Å². The molecule has 36 heavy (non-hydrogen) atoms. The first kappa shape index (κ1) is 26.0. The third kappa shape index (κ3) is 5.52. The van der Waals surface area contributed by atoms with Gasteiger partial charge in [-0.2, -0.15) is 0 Å². The number of nitrogens with one attached hydrogen (secondary N) is 1. The zero-order valence-corrected chi connectivity index (χ0v) is 22.5. The Labute approximate surface area is 225 Å². The van der Waals surface area contributed by atoms with Crippen molar-refractivity contribution in [3.63, 3.8) is 0 Å². The van der Waals surface area contributed by atoms with Gasteiger partial charge in [0.25, 0.3) is 0 Å². The Morgan fingerprint density at radius 3 is 2.47 bits per heavy atom. The van der Waals surface area contributed by atoms with Crippen LogP contribution in [0.5, 0.6) is 5.75 Å². The van der Waals surface area contributed by atoms with Crippen LogP contribution in [0, 0.1) is 0 Å². The van der Waals surface area contributed by atoms with Crippen molar-refractivity contribution in [3.05, 3.63) is 63.5 Å². The average molecular weight is 563 g/mol. The van der Waals surface area contributed by atoms with E-state index in [-0.39, 0.29) is 17.2 Å². The Hall–Kier alpha value is -3.05. The zero-order valence-electron chi connectivity index (χ0n) is 19.4. The summed E-state index contributed by atoms with van der Waals surface area (Å²) in [5, 5.41) is 15.1. The van der Waals surface area contributed by atoms with E-state index in [9.17, 15) is 9.59 Å². The summed E-state index contributed by atoms with van der Waals surface area (Å²) in [6.45, 7) is 0. The van der Waals surface area contributed by atoms with Crippen LogP contribution in [0.15, 0.2) is 53.0 Å². The summed E-state index contributed by atoms with van der Waals surface area (Å²) in [4.78, 5) is 25.3. The monoisotopic (exact) mass is 562 g/mol. The van der Waals surface area contributed by atoms with Crippen LogP contribution in [-0.2, 0) is 16.6 Å².